The van der Waals surface area contributed by atoms with Crippen LogP contribution >= 0.6 is 27.5 Å². The number of rotatable bonds is 2. The van der Waals surface area contributed by atoms with Gasteiger partial charge in [0.2, 0.25) is 0 Å². The number of methoxy groups -OCH3 is 1. The Morgan fingerprint density at radius 2 is 1.95 bits per heavy atom. The van der Waals surface area contributed by atoms with Gasteiger partial charge in [-0.15, -0.1) is 0 Å². The van der Waals surface area contributed by atoms with E-state index < -0.39 is 0 Å². The molecule has 5 heteroatoms. The molecule has 0 N–H and O–H groups in total. The average Bonchev–Trinajstić information content (AvgIpc) is 2.83. The molecule has 2 aromatic heterocycles. The lowest BCUT2D eigenvalue weighted by molar-refractivity contribution is 0.415. The Morgan fingerprint density at radius 3 is 2.63 bits per heavy atom. The predicted molar refractivity (Wildman–Crippen MR) is 79.9 cm³/mol. The van der Waals surface area contributed by atoms with Gasteiger partial charge < -0.3 is 9.14 Å². The van der Waals surface area contributed by atoms with Crippen molar-refractivity contribution in [1.82, 2.24) is 9.38 Å². The van der Waals surface area contributed by atoms with Crippen LogP contribution in [0.25, 0.3) is 16.9 Å². The fourth-order valence-corrected chi connectivity index (χ4v) is 2.81. The summed E-state index contributed by atoms with van der Waals surface area (Å²) in [7, 11) is 1.65. The summed E-state index contributed by atoms with van der Waals surface area (Å²) in [6.07, 6.45) is 3.79. The second-order valence-corrected chi connectivity index (χ2v) is 5.38. The van der Waals surface area contributed by atoms with Crippen molar-refractivity contribution >= 4 is 33.2 Å². The Morgan fingerprint density at radius 1 is 1.21 bits per heavy atom. The Labute approximate surface area is 123 Å². The van der Waals surface area contributed by atoms with Crippen molar-refractivity contribution in [2.24, 2.45) is 0 Å². The molecule has 0 aliphatic carbocycles. The van der Waals surface area contributed by atoms with Crippen LogP contribution in [0, 0.1) is 0 Å². The normalized spacial score (nSPS) is 10.9. The van der Waals surface area contributed by atoms with Gasteiger partial charge in [0.15, 0.2) is 5.65 Å². The van der Waals surface area contributed by atoms with Crippen molar-refractivity contribution < 1.29 is 4.74 Å². The molecule has 96 valence electrons. The van der Waals surface area contributed by atoms with Gasteiger partial charge in [0, 0.05) is 18.0 Å². The second-order valence-electron chi connectivity index (χ2n) is 4.09. The lowest BCUT2D eigenvalue weighted by atomic mass is 10.2. The van der Waals surface area contributed by atoms with Gasteiger partial charge in [0.1, 0.15) is 5.75 Å². The van der Waals surface area contributed by atoms with E-state index in [0.29, 0.717) is 5.02 Å². The van der Waals surface area contributed by atoms with Crippen LogP contribution in [-0.4, -0.2) is 16.5 Å². The van der Waals surface area contributed by atoms with Crippen molar-refractivity contribution in [2.45, 2.75) is 0 Å². The summed E-state index contributed by atoms with van der Waals surface area (Å²) in [5.74, 6) is 0.830. The first-order valence-corrected chi connectivity index (χ1v) is 6.82. The molecule has 3 aromatic rings. The number of ether oxygens (including phenoxy) is 1. The first-order chi connectivity index (χ1) is 9.17. The summed E-state index contributed by atoms with van der Waals surface area (Å²) in [5, 5.41) is 0.665. The van der Waals surface area contributed by atoms with Crippen LogP contribution in [0.15, 0.2) is 47.2 Å². The second kappa shape index (κ2) is 4.87. The summed E-state index contributed by atoms with van der Waals surface area (Å²) in [5.41, 5.74) is 2.77. The van der Waals surface area contributed by atoms with Crippen LogP contribution in [0.3, 0.4) is 0 Å². The molecule has 0 unspecified atom stereocenters. The van der Waals surface area contributed by atoms with Crippen molar-refractivity contribution in [3.63, 3.8) is 0 Å². The average molecular weight is 338 g/mol. The van der Waals surface area contributed by atoms with E-state index in [2.05, 4.69) is 20.9 Å². The number of nitrogens with zero attached hydrogens (tertiary/aromatic N) is 2. The number of halogens is 2. The first kappa shape index (κ1) is 12.5. The minimum Gasteiger partial charge on any atom is -0.497 e. The van der Waals surface area contributed by atoms with Crippen LogP contribution in [0.2, 0.25) is 5.02 Å². The lowest BCUT2D eigenvalue weighted by Gasteiger charge is -1.99. The van der Waals surface area contributed by atoms with Gasteiger partial charge in [0.05, 0.1) is 22.3 Å². The number of pyridine rings is 1. The number of hydrogen-bond donors (Lipinski definition) is 0. The van der Waals surface area contributed by atoms with Crippen molar-refractivity contribution in [3.05, 3.63) is 52.2 Å². The van der Waals surface area contributed by atoms with Crippen LogP contribution in [-0.2, 0) is 0 Å². The van der Waals surface area contributed by atoms with E-state index in [1.54, 1.807) is 7.11 Å². The van der Waals surface area contributed by atoms with E-state index >= 15 is 0 Å². The summed E-state index contributed by atoms with van der Waals surface area (Å²) in [6.45, 7) is 0. The van der Waals surface area contributed by atoms with Crippen LogP contribution in [0.5, 0.6) is 5.75 Å². The van der Waals surface area contributed by atoms with Gasteiger partial charge in [-0.2, -0.15) is 0 Å². The van der Waals surface area contributed by atoms with Gasteiger partial charge in [-0.1, -0.05) is 11.6 Å². The van der Waals surface area contributed by atoms with Crippen molar-refractivity contribution in [1.29, 1.82) is 0 Å². The Hall–Kier alpha value is -1.52. The molecule has 0 spiro atoms. The standard InChI is InChI=1S/C14H10BrClN2O/c1-19-11-4-2-9(3-5-11)13-8-18-7-10(16)6-12(15)14(18)17-13/h2-8H,1H3. The molecule has 2 heterocycles. The number of imidazole rings is 1. The summed E-state index contributed by atoms with van der Waals surface area (Å²) in [4.78, 5) is 4.60. The van der Waals surface area contributed by atoms with Gasteiger partial charge in [-0.05, 0) is 46.3 Å². The number of aromatic nitrogens is 2. The molecule has 0 bridgehead atoms. The third kappa shape index (κ3) is 2.33. The third-order valence-corrected chi connectivity index (χ3v) is 3.65. The van der Waals surface area contributed by atoms with E-state index in [0.717, 1.165) is 27.1 Å². The van der Waals surface area contributed by atoms with E-state index in [-0.39, 0.29) is 0 Å². The molecule has 0 radical (unpaired) electrons. The molecule has 3 nitrogen and oxygen atoms in total. The van der Waals surface area contributed by atoms with Crippen LogP contribution in [0.1, 0.15) is 0 Å². The van der Waals surface area contributed by atoms with E-state index in [1.807, 2.05) is 47.1 Å². The first-order valence-electron chi connectivity index (χ1n) is 5.65. The SMILES string of the molecule is COc1ccc(-c2cn3cc(Cl)cc(Br)c3n2)cc1. The molecule has 19 heavy (non-hydrogen) atoms. The highest BCUT2D eigenvalue weighted by Crippen LogP contribution is 2.27. The molecular formula is C14H10BrClN2O. The topological polar surface area (TPSA) is 26.5 Å². The maximum Gasteiger partial charge on any atom is 0.151 e. The molecule has 3 rings (SSSR count). The molecule has 1 aromatic carbocycles. The van der Waals surface area contributed by atoms with Crippen molar-refractivity contribution in [3.8, 4) is 17.0 Å². The zero-order valence-electron chi connectivity index (χ0n) is 10.1. The fraction of sp³-hybridized carbons (Fsp3) is 0.0714. The smallest absolute Gasteiger partial charge is 0.151 e. The van der Waals surface area contributed by atoms with Gasteiger partial charge in [0.25, 0.3) is 0 Å². The third-order valence-electron chi connectivity index (χ3n) is 2.86. The van der Waals surface area contributed by atoms with Gasteiger partial charge in [-0.25, -0.2) is 4.98 Å². The van der Waals surface area contributed by atoms with E-state index in [4.69, 9.17) is 16.3 Å². The highest BCUT2D eigenvalue weighted by Gasteiger charge is 2.08. The predicted octanol–water partition coefficient (Wildman–Crippen LogP) is 4.43. The van der Waals surface area contributed by atoms with Crippen molar-refractivity contribution in [2.75, 3.05) is 7.11 Å². The van der Waals surface area contributed by atoms with Gasteiger partial charge >= 0.3 is 0 Å². The highest BCUT2D eigenvalue weighted by molar-refractivity contribution is 9.10. The number of hydrogen-bond acceptors (Lipinski definition) is 2. The molecule has 0 aliphatic heterocycles. The Bertz CT molecular complexity index is 737. The van der Waals surface area contributed by atoms with Gasteiger partial charge in [-0.3, -0.25) is 0 Å². The van der Waals surface area contributed by atoms with Crippen LogP contribution in [0.4, 0.5) is 0 Å². The number of benzene rings is 1. The number of fused-ring (bicyclic) bond motifs is 1. The summed E-state index contributed by atoms with van der Waals surface area (Å²) < 4.78 is 7.93. The minimum absolute atomic E-state index is 0.665. The maximum absolute atomic E-state index is 6.02. The maximum atomic E-state index is 6.02. The van der Waals surface area contributed by atoms with Crippen LogP contribution < -0.4 is 4.74 Å². The quantitative estimate of drug-likeness (QED) is 0.692. The molecule has 0 saturated heterocycles. The lowest BCUT2D eigenvalue weighted by Crippen LogP contribution is -1.83. The molecule has 0 aliphatic rings. The fourth-order valence-electron chi connectivity index (χ4n) is 1.93. The van der Waals surface area contributed by atoms with E-state index in [1.165, 1.54) is 0 Å². The molecule has 0 amide bonds. The largest absolute Gasteiger partial charge is 0.497 e. The monoisotopic (exact) mass is 336 g/mol. The Kier molecular flexibility index (Phi) is 3.21. The minimum atomic E-state index is 0.665. The molecule has 0 fully saturated rings. The summed E-state index contributed by atoms with van der Waals surface area (Å²) >= 11 is 9.49. The van der Waals surface area contributed by atoms with E-state index in [9.17, 15) is 0 Å². The zero-order chi connectivity index (χ0) is 13.4. The summed E-state index contributed by atoms with van der Waals surface area (Å²) in [6, 6.07) is 9.64. The molecule has 0 saturated carbocycles. The molecule has 0 atom stereocenters. The highest BCUT2D eigenvalue weighted by atomic mass is 79.9. The Balaban J connectivity index is 2.12. The zero-order valence-corrected chi connectivity index (χ0v) is 12.4. The molecular weight excluding hydrogens is 328 g/mol.